The van der Waals surface area contributed by atoms with Gasteiger partial charge in [0.25, 0.3) is 5.91 Å². The number of carbonyl (C=O) groups excluding carboxylic acids is 1. The first kappa shape index (κ1) is 14.6. The molecule has 18 heavy (non-hydrogen) atoms. The third kappa shape index (κ3) is 4.41. The van der Waals surface area contributed by atoms with Gasteiger partial charge in [-0.05, 0) is 0 Å². The molecule has 3 N–H and O–H groups in total. The van der Waals surface area contributed by atoms with E-state index in [4.69, 9.17) is 0 Å². The number of aromatic nitrogens is 3. The van der Waals surface area contributed by atoms with Crippen molar-refractivity contribution in [1.29, 1.82) is 0 Å². The Morgan fingerprint density at radius 2 is 2.11 bits per heavy atom. The fraction of sp³-hybridized carbons (Fsp3) is 0.667. The molecule has 0 spiro atoms. The highest BCUT2D eigenvalue weighted by molar-refractivity contribution is 7.89. The summed E-state index contributed by atoms with van der Waals surface area (Å²) in [6.45, 7) is 3.92. The summed E-state index contributed by atoms with van der Waals surface area (Å²) < 4.78 is 24.9. The Labute approximate surface area is 106 Å². The Bertz CT molecular complexity index is 496. The number of nitrogens with zero attached hydrogens (tertiary/aromatic N) is 2. The molecule has 1 rings (SSSR count). The van der Waals surface area contributed by atoms with Crippen molar-refractivity contribution in [3.8, 4) is 0 Å². The monoisotopic (exact) mass is 275 g/mol. The van der Waals surface area contributed by atoms with Gasteiger partial charge in [0.05, 0.1) is 5.75 Å². The van der Waals surface area contributed by atoms with Gasteiger partial charge in [-0.15, -0.1) is 5.10 Å². The molecule has 0 bridgehead atoms. The van der Waals surface area contributed by atoms with E-state index in [1.807, 2.05) is 6.92 Å². The van der Waals surface area contributed by atoms with Crippen molar-refractivity contribution in [3.63, 3.8) is 0 Å². The quantitative estimate of drug-likeness (QED) is 0.592. The minimum absolute atomic E-state index is 0.0180. The highest BCUT2D eigenvalue weighted by Crippen LogP contribution is 1.93. The average molecular weight is 275 g/mol. The maximum Gasteiger partial charge on any atom is 0.290 e. The zero-order valence-electron chi connectivity index (χ0n) is 10.4. The van der Waals surface area contributed by atoms with Gasteiger partial charge >= 0.3 is 0 Å². The first-order valence-electron chi connectivity index (χ1n) is 5.65. The van der Waals surface area contributed by atoms with Gasteiger partial charge in [0, 0.05) is 19.5 Å². The van der Waals surface area contributed by atoms with Crippen LogP contribution in [0.5, 0.6) is 0 Å². The Morgan fingerprint density at radius 3 is 2.67 bits per heavy atom. The van der Waals surface area contributed by atoms with Gasteiger partial charge in [0.15, 0.2) is 0 Å². The van der Waals surface area contributed by atoms with Crippen LogP contribution in [0.4, 0.5) is 0 Å². The summed E-state index contributed by atoms with van der Waals surface area (Å²) in [6.07, 6.45) is 0.648. The lowest BCUT2D eigenvalue weighted by Crippen LogP contribution is -2.34. The van der Waals surface area contributed by atoms with Crippen LogP contribution < -0.4 is 10.0 Å². The number of sulfonamides is 1. The molecule has 1 aromatic rings. The van der Waals surface area contributed by atoms with Crippen molar-refractivity contribution in [2.45, 2.75) is 20.3 Å². The molecule has 0 aliphatic heterocycles. The number of rotatable bonds is 7. The smallest absolute Gasteiger partial charge is 0.290 e. The summed E-state index contributed by atoms with van der Waals surface area (Å²) in [4.78, 5) is 15.5. The number of hydrogen-bond donors (Lipinski definition) is 3. The van der Waals surface area contributed by atoms with Gasteiger partial charge in [-0.25, -0.2) is 18.1 Å². The average Bonchev–Trinajstić information content (AvgIpc) is 2.77. The van der Waals surface area contributed by atoms with E-state index in [0.717, 1.165) is 0 Å². The van der Waals surface area contributed by atoms with E-state index in [2.05, 4.69) is 25.2 Å². The van der Waals surface area contributed by atoms with Gasteiger partial charge in [-0.1, -0.05) is 13.8 Å². The highest BCUT2D eigenvalue weighted by atomic mass is 32.2. The summed E-state index contributed by atoms with van der Waals surface area (Å²) in [5.41, 5.74) is 0. The van der Waals surface area contributed by atoms with Crippen LogP contribution in [0.3, 0.4) is 0 Å². The fourth-order valence-electron chi connectivity index (χ4n) is 1.23. The van der Waals surface area contributed by atoms with E-state index in [9.17, 15) is 13.2 Å². The van der Waals surface area contributed by atoms with E-state index < -0.39 is 15.9 Å². The minimum atomic E-state index is -3.32. The van der Waals surface area contributed by atoms with Gasteiger partial charge in [0.1, 0.15) is 5.82 Å². The standard InChI is InChI=1S/C9H17N5O3S/c1-3-7-12-8(14-13-7)9(15)10-5-6-18(16,17)11-4-2/h11H,3-6H2,1-2H3,(H,10,15)(H,12,13,14). The van der Waals surface area contributed by atoms with Crippen molar-refractivity contribution in [1.82, 2.24) is 25.2 Å². The number of nitrogens with one attached hydrogen (secondary N) is 3. The number of hydrogen-bond acceptors (Lipinski definition) is 5. The van der Waals surface area contributed by atoms with E-state index in [1.165, 1.54) is 0 Å². The van der Waals surface area contributed by atoms with Crippen molar-refractivity contribution in [3.05, 3.63) is 11.6 Å². The number of H-pyrrole nitrogens is 1. The Kier molecular flexibility index (Phi) is 5.23. The van der Waals surface area contributed by atoms with Crippen molar-refractivity contribution < 1.29 is 13.2 Å². The third-order valence-corrected chi connectivity index (χ3v) is 3.56. The highest BCUT2D eigenvalue weighted by Gasteiger charge is 2.13. The number of amides is 1. The first-order chi connectivity index (χ1) is 8.48. The molecular weight excluding hydrogens is 258 g/mol. The zero-order valence-corrected chi connectivity index (χ0v) is 11.2. The lowest BCUT2D eigenvalue weighted by atomic mass is 10.5. The number of carbonyl (C=O) groups is 1. The Hall–Kier alpha value is -1.48. The van der Waals surface area contributed by atoms with Gasteiger partial charge < -0.3 is 5.32 Å². The van der Waals surface area contributed by atoms with E-state index in [0.29, 0.717) is 18.8 Å². The van der Waals surface area contributed by atoms with Gasteiger partial charge in [0.2, 0.25) is 15.8 Å². The molecule has 1 aromatic heterocycles. The summed E-state index contributed by atoms with van der Waals surface area (Å²) in [6, 6.07) is 0. The molecule has 0 saturated heterocycles. The van der Waals surface area contributed by atoms with Crippen molar-refractivity contribution >= 4 is 15.9 Å². The summed E-state index contributed by atoms with van der Waals surface area (Å²) in [7, 11) is -3.32. The predicted octanol–water partition coefficient (Wildman–Crippen LogP) is -0.964. The molecule has 0 unspecified atom stereocenters. The number of aryl methyl sites for hydroxylation is 1. The Morgan fingerprint density at radius 1 is 1.39 bits per heavy atom. The first-order valence-corrected chi connectivity index (χ1v) is 7.30. The molecular formula is C9H17N5O3S. The summed E-state index contributed by atoms with van der Waals surface area (Å²) in [5.74, 6) is -0.0248. The lowest BCUT2D eigenvalue weighted by molar-refractivity contribution is 0.0946. The van der Waals surface area contributed by atoms with Crippen LogP contribution in [0.2, 0.25) is 0 Å². The van der Waals surface area contributed by atoms with Crippen molar-refractivity contribution in [2.24, 2.45) is 0 Å². The van der Waals surface area contributed by atoms with Crippen LogP contribution in [-0.4, -0.2) is 48.3 Å². The van der Waals surface area contributed by atoms with Crippen molar-refractivity contribution in [2.75, 3.05) is 18.8 Å². The van der Waals surface area contributed by atoms with E-state index in [1.54, 1.807) is 6.92 Å². The molecule has 0 radical (unpaired) electrons. The molecule has 0 atom stereocenters. The normalized spacial score (nSPS) is 11.4. The van der Waals surface area contributed by atoms with E-state index in [-0.39, 0.29) is 18.1 Å². The topological polar surface area (TPSA) is 117 Å². The van der Waals surface area contributed by atoms with E-state index >= 15 is 0 Å². The third-order valence-electron chi connectivity index (χ3n) is 2.09. The van der Waals surface area contributed by atoms with Gasteiger partial charge in [-0.3, -0.25) is 9.89 Å². The van der Waals surface area contributed by atoms with Gasteiger partial charge in [-0.2, -0.15) is 0 Å². The summed E-state index contributed by atoms with van der Waals surface area (Å²) in [5, 5.41) is 8.78. The van der Waals surface area contributed by atoms with Crippen LogP contribution in [0.1, 0.15) is 30.3 Å². The molecule has 1 heterocycles. The summed E-state index contributed by atoms with van der Waals surface area (Å²) >= 11 is 0. The molecule has 102 valence electrons. The Balaban J connectivity index is 2.42. The second kappa shape index (κ2) is 6.45. The molecule has 0 aliphatic rings. The van der Waals surface area contributed by atoms with Crippen LogP contribution in [0.25, 0.3) is 0 Å². The zero-order chi connectivity index (χ0) is 13.6. The van der Waals surface area contributed by atoms with Crippen LogP contribution in [0.15, 0.2) is 0 Å². The second-order valence-corrected chi connectivity index (χ2v) is 5.46. The largest absolute Gasteiger partial charge is 0.348 e. The number of aromatic amines is 1. The molecule has 0 fully saturated rings. The molecule has 9 heteroatoms. The SMILES string of the molecule is CCNS(=O)(=O)CCNC(=O)c1n[nH]c(CC)n1. The molecule has 0 aliphatic carbocycles. The van der Waals surface area contributed by atoms with Crippen LogP contribution in [0, 0.1) is 0 Å². The second-order valence-electron chi connectivity index (χ2n) is 3.53. The minimum Gasteiger partial charge on any atom is -0.348 e. The lowest BCUT2D eigenvalue weighted by Gasteiger charge is -2.04. The van der Waals surface area contributed by atoms with Crippen LogP contribution in [-0.2, 0) is 16.4 Å². The molecule has 8 nitrogen and oxygen atoms in total. The molecule has 0 saturated carbocycles. The molecule has 0 aromatic carbocycles. The fourth-order valence-corrected chi connectivity index (χ4v) is 2.18. The molecule has 1 amide bonds. The maximum absolute atomic E-state index is 11.5. The van der Waals surface area contributed by atoms with Crippen LogP contribution >= 0.6 is 0 Å². The predicted molar refractivity (Wildman–Crippen MR) is 65.6 cm³/mol. The maximum atomic E-state index is 11.5.